The van der Waals surface area contributed by atoms with Crippen LogP contribution in [0.1, 0.15) is 26.7 Å². The van der Waals surface area contributed by atoms with Crippen molar-refractivity contribution < 1.29 is 4.79 Å². The maximum Gasteiger partial charge on any atom is 0.221 e. The first kappa shape index (κ1) is 13.8. The Labute approximate surface area is 91.4 Å². The van der Waals surface area contributed by atoms with Crippen molar-refractivity contribution in [1.82, 2.24) is 10.6 Å². The van der Waals surface area contributed by atoms with Gasteiger partial charge in [-0.2, -0.15) is 11.8 Å². The molecule has 0 bridgehead atoms. The number of rotatable bonds is 7. The molecule has 0 saturated carbocycles. The molecule has 0 rings (SSSR count). The molecule has 0 saturated heterocycles. The highest BCUT2D eigenvalue weighted by Crippen LogP contribution is 2.03. The van der Waals surface area contributed by atoms with Crippen LogP contribution in [0.15, 0.2) is 0 Å². The van der Waals surface area contributed by atoms with Crippen molar-refractivity contribution in [1.29, 1.82) is 0 Å². The average molecular weight is 218 g/mol. The van der Waals surface area contributed by atoms with Crippen LogP contribution in [0.3, 0.4) is 0 Å². The monoisotopic (exact) mass is 218 g/mol. The molecular weight excluding hydrogens is 196 g/mol. The van der Waals surface area contributed by atoms with Crippen LogP contribution in [-0.4, -0.2) is 37.0 Å². The van der Waals surface area contributed by atoms with Crippen molar-refractivity contribution >= 4 is 17.7 Å². The van der Waals surface area contributed by atoms with E-state index in [4.69, 9.17) is 0 Å². The van der Waals surface area contributed by atoms with Gasteiger partial charge in [-0.15, -0.1) is 0 Å². The Balaban J connectivity index is 3.77. The third-order valence-electron chi connectivity index (χ3n) is 2.15. The minimum Gasteiger partial charge on any atom is -0.359 e. The Morgan fingerprint density at radius 1 is 1.50 bits per heavy atom. The van der Waals surface area contributed by atoms with E-state index in [1.165, 1.54) is 0 Å². The molecular formula is C10H22N2OS. The van der Waals surface area contributed by atoms with Crippen LogP contribution in [0.25, 0.3) is 0 Å². The zero-order valence-corrected chi connectivity index (χ0v) is 10.4. The summed E-state index contributed by atoms with van der Waals surface area (Å²) in [4.78, 5) is 11.1. The van der Waals surface area contributed by atoms with E-state index in [1.807, 2.05) is 11.8 Å². The van der Waals surface area contributed by atoms with Gasteiger partial charge in [-0.25, -0.2) is 0 Å². The van der Waals surface area contributed by atoms with E-state index in [0.717, 1.165) is 12.2 Å². The van der Waals surface area contributed by atoms with Crippen molar-refractivity contribution in [3.05, 3.63) is 0 Å². The maximum absolute atomic E-state index is 11.1. The molecule has 0 aromatic carbocycles. The fraction of sp³-hybridized carbons (Fsp3) is 0.900. The largest absolute Gasteiger partial charge is 0.359 e. The smallest absolute Gasteiger partial charge is 0.221 e. The lowest BCUT2D eigenvalue weighted by Crippen LogP contribution is -2.40. The molecule has 2 unspecified atom stereocenters. The summed E-state index contributed by atoms with van der Waals surface area (Å²) >= 11 is 1.84. The van der Waals surface area contributed by atoms with Crippen molar-refractivity contribution in [2.75, 3.05) is 19.1 Å². The molecule has 3 nitrogen and oxygen atoms in total. The van der Waals surface area contributed by atoms with E-state index in [1.54, 1.807) is 7.05 Å². The predicted molar refractivity (Wildman–Crippen MR) is 63.7 cm³/mol. The van der Waals surface area contributed by atoms with E-state index in [-0.39, 0.29) is 11.9 Å². The van der Waals surface area contributed by atoms with Gasteiger partial charge in [0.05, 0.1) is 0 Å². The van der Waals surface area contributed by atoms with Crippen LogP contribution in [0.4, 0.5) is 0 Å². The van der Waals surface area contributed by atoms with Gasteiger partial charge in [0.2, 0.25) is 5.91 Å². The van der Waals surface area contributed by atoms with Crippen LogP contribution in [0, 0.1) is 0 Å². The Bertz CT molecular complexity index is 164. The number of hydrogen-bond acceptors (Lipinski definition) is 3. The highest BCUT2D eigenvalue weighted by atomic mass is 32.2. The number of amides is 1. The zero-order chi connectivity index (χ0) is 11.0. The number of thioether (sulfide) groups is 1. The molecule has 84 valence electrons. The normalized spacial score (nSPS) is 14.9. The van der Waals surface area contributed by atoms with Gasteiger partial charge in [0.15, 0.2) is 0 Å². The van der Waals surface area contributed by atoms with Gasteiger partial charge in [0.25, 0.3) is 0 Å². The van der Waals surface area contributed by atoms with Gasteiger partial charge in [-0.3, -0.25) is 4.79 Å². The topological polar surface area (TPSA) is 41.1 Å². The summed E-state index contributed by atoms with van der Waals surface area (Å²) in [5.41, 5.74) is 0. The number of nitrogens with one attached hydrogen (secondary N) is 2. The van der Waals surface area contributed by atoms with Crippen molar-refractivity contribution in [2.45, 2.75) is 38.8 Å². The molecule has 0 fully saturated rings. The first-order valence-corrected chi connectivity index (χ1v) is 6.49. The number of carbonyl (C=O) groups excluding carboxylic acids is 1. The van der Waals surface area contributed by atoms with Gasteiger partial charge < -0.3 is 10.6 Å². The molecule has 0 aliphatic heterocycles. The molecule has 0 spiro atoms. The highest BCUT2D eigenvalue weighted by Gasteiger charge is 2.11. The minimum atomic E-state index is 0.101. The second-order valence-electron chi connectivity index (χ2n) is 3.51. The van der Waals surface area contributed by atoms with Crippen molar-refractivity contribution in [3.63, 3.8) is 0 Å². The first-order chi connectivity index (χ1) is 6.63. The van der Waals surface area contributed by atoms with Gasteiger partial charge in [-0.1, -0.05) is 6.92 Å². The standard InChI is InChI=1S/C10H22N2OS/c1-5-9(7-14-4)12-8(2)6-10(13)11-3/h8-9,12H,5-7H2,1-4H3,(H,11,13). The number of hydrogen-bond donors (Lipinski definition) is 2. The van der Waals surface area contributed by atoms with E-state index in [0.29, 0.717) is 12.5 Å². The molecule has 14 heavy (non-hydrogen) atoms. The first-order valence-electron chi connectivity index (χ1n) is 5.09. The average Bonchev–Trinajstić information content (AvgIpc) is 2.16. The second kappa shape index (κ2) is 8.12. The highest BCUT2D eigenvalue weighted by molar-refractivity contribution is 7.98. The van der Waals surface area contributed by atoms with Crippen LogP contribution in [0.5, 0.6) is 0 Å². The molecule has 0 radical (unpaired) electrons. The third kappa shape index (κ3) is 6.27. The van der Waals surface area contributed by atoms with E-state index < -0.39 is 0 Å². The van der Waals surface area contributed by atoms with Gasteiger partial charge >= 0.3 is 0 Å². The van der Waals surface area contributed by atoms with Crippen LogP contribution in [0.2, 0.25) is 0 Å². The van der Waals surface area contributed by atoms with E-state index >= 15 is 0 Å². The van der Waals surface area contributed by atoms with Gasteiger partial charge in [0, 0.05) is 31.3 Å². The second-order valence-corrected chi connectivity index (χ2v) is 4.42. The Hall–Kier alpha value is -0.220. The summed E-state index contributed by atoms with van der Waals surface area (Å²) in [5, 5.41) is 6.09. The maximum atomic E-state index is 11.1. The molecule has 0 aliphatic rings. The lowest BCUT2D eigenvalue weighted by molar-refractivity contribution is -0.121. The Morgan fingerprint density at radius 2 is 2.14 bits per heavy atom. The number of carbonyl (C=O) groups is 1. The summed E-state index contributed by atoms with van der Waals surface area (Å²) in [6, 6.07) is 0.775. The molecule has 2 N–H and O–H groups in total. The molecule has 1 amide bonds. The van der Waals surface area contributed by atoms with Crippen molar-refractivity contribution in [3.8, 4) is 0 Å². The SMILES string of the molecule is CCC(CSC)NC(C)CC(=O)NC. The quantitative estimate of drug-likeness (QED) is 0.675. The van der Waals surface area contributed by atoms with E-state index in [2.05, 4.69) is 30.7 Å². The van der Waals surface area contributed by atoms with Crippen molar-refractivity contribution in [2.24, 2.45) is 0 Å². The molecule has 0 aliphatic carbocycles. The lowest BCUT2D eigenvalue weighted by Gasteiger charge is -2.20. The fourth-order valence-electron chi connectivity index (χ4n) is 1.33. The molecule has 0 heterocycles. The third-order valence-corrected chi connectivity index (χ3v) is 2.89. The van der Waals surface area contributed by atoms with Crippen LogP contribution >= 0.6 is 11.8 Å². The molecule has 0 aromatic rings. The Morgan fingerprint density at radius 3 is 2.57 bits per heavy atom. The zero-order valence-electron chi connectivity index (χ0n) is 9.59. The fourth-order valence-corrected chi connectivity index (χ4v) is 2.06. The van der Waals surface area contributed by atoms with Gasteiger partial charge in [0.1, 0.15) is 0 Å². The van der Waals surface area contributed by atoms with Crippen LogP contribution < -0.4 is 10.6 Å². The summed E-state index contributed by atoms with van der Waals surface area (Å²) in [6.07, 6.45) is 3.77. The summed E-state index contributed by atoms with van der Waals surface area (Å²) < 4.78 is 0. The summed E-state index contributed by atoms with van der Waals surface area (Å²) in [6.45, 7) is 4.22. The minimum absolute atomic E-state index is 0.101. The van der Waals surface area contributed by atoms with E-state index in [9.17, 15) is 4.79 Å². The van der Waals surface area contributed by atoms with Crippen LogP contribution in [-0.2, 0) is 4.79 Å². The molecule has 4 heteroatoms. The Kier molecular flexibility index (Phi) is 7.99. The van der Waals surface area contributed by atoms with Gasteiger partial charge in [-0.05, 0) is 19.6 Å². The molecule has 2 atom stereocenters. The molecule has 0 aromatic heterocycles. The summed E-state index contributed by atoms with van der Waals surface area (Å²) in [7, 11) is 1.67. The predicted octanol–water partition coefficient (Wildman–Crippen LogP) is 1.24. The summed E-state index contributed by atoms with van der Waals surface area (Å²) in [5.74, 6) is 1.21. The lowest BCUT2D eigenvalue weighted by atomic mass is 10.1.